The van der Waals surface area contributed by atoms with Gasteiger partial charge >= 0.3 is 0 Å². The average molecular weight is 134 g/mol. The molecule has 0 aliphatic rings. The monoisotopic (exact) mass is 134 g/mol. The molecule has 0 amide bonds. The van der Waals surface area contributed by atoms with Gasteiger partial charge in [-0.2, -0.15) is 0 Å². The Morgan fingerprint density at radius 1 is 1.40 bits per heavy atom. The lowest BCUT2D eigenvalue weighted by molar-refractivity contribution is 0.587. The van der Waals surface area contributed by atoms with Gasteiger partial charge in [0.05, 0.1) is 0 Å². The molecule has 1 radical (unpaired) electrons. The predicted molar refractivity (Wildman–Crippen MR) is 41.8 cm³/mol. The summed E-state index contributed by atoms with van der Waals surface area (Å²) in [6.07, 6.45) is 3.56. The van der Waals surface area contributed by atoms with Crippen molar-refractivity contribution in [2.45, 2.75) is 26.2 Å². The van der Waals surface area contributed by atoms with Crippen LogP contribution in [0.15, 0.2) is 18.5 Å². The van der Waals surface area contributed by atoms with E-state index in [1.807, 2.05) is 12.3 Å². The summed E-state index contributed by atoms with van der Waals surface area (Å²) in [5, 5.41) is 0. The fraction of sp³-hybridized carbons (Fsp3) is 0.444. The van der Waals surface area contributed by atoms with Gasteiger partial charge in [0.1, 0.15) is 0 Å². The Balaban J connectivity index is 2.97. The topological polar surface area (TPSA) is 12.9 Å². The van der Waals surface area contributed by atoms with Crippen molar-refractivity contribution in [1.29, 1.82) is 0 Å². The molecule has 10 heavy (non-hydrogen) atoms. The normalized spacial score (nSPS) is 11.5. The summed E-state index contributed by atoms with van der Waals surface area (Å²) in [5.74, 6) is 0. The second-order valence-corrected chi connectivity index (χ2v) is 3.42. The van der Waals surface area contributed by atoms with Gasteiger partial charge in [0.15, 0.2) is 0 Å². The van der Waals surface area contributed by atoms with Crippen molar-refractivity contribution in [2.24, 2.45) is 0 Å². The van der Waals surface area contributed by atoms with Gasteiger partial charge in [0, 0.05) is 18.5 Å². The van der Waals surface area contributed by atoms with E-state index in [0.717, 1.165) is 0 Å². The Hall–Kier alpha value is -0.850. The standard InChI is InChI=1S/C9H12N/c1-9(2,3)8-5-4-6-10-7-8/h5-7H,1-3H3. The molecule has 53 valence electrons. The van der Waals surface area contributed by atoms with Gasteiger partial charge in [0.25, 0.3) is 0 Å². The first-order valence-corrected chi connectivity index (χ1v) is 3.42. The summed E-state index contributed by atoms with van der Waals surface area (Å²) in [6, 6.07) is 4.94. The second-order valence-electron chi connectivity index (χ2n) is 3.42. The molecule has 0 aliphatic heterocycles. The Kier molecular flexibility index (Phi) is 1.75. The molecule has 0 bridgehead atoms. The molecule has 0 aromatic carbocycles. The highest BCUT2D eigenvalue weighted by Crippen LogP contribution is 2.19. The van der Waals surface area contributed by atoms with E-state index in [-0.39, 0.29) is 5.41 Å². The lowest BCUT2D eigenvalue weighted by atomic mass is 9.88. The van der Waals surface area contributed by atoms with Crippen LogP contribution in [0.25, 0.3) is 0 Å². The van der Waals surface area contributed by atoms with Crippen LogP contribution in [0.2, 0.25) is 0 Å². The molecule has 1 heterocycles. The Morgan fingerprint density at radius 2 is 2.10 bits per heavy atom. The van der Waals surface area contributed by atoms with Crippen LogP contribution in [0.3, 0.4) is 0 Å². The number of hydrogen-bond acceptors (Lipinski definition) is 1. The molecule has 1 nitrogen and oxygen atoms in total. The molecule has 0 atom stereocenters. The van der Waals surface area contributed by atoms with E-state index in [1.54, 1.807) is 6.20 Å². The van der Waals surface area contributed by atoms with Gasteiger partial charge in [-0.3, -0.25) is 4.98 Å². The Bertz CT molecular complexity index is 196. The number of aromatic nitrogens is 1. The highest BCUT2D eigenvalue weighted by atomic mass is 14.6. The fourth-order valence-electron chi connectivity index (χ4n) is 0.735. The zero-order valence-corrected chi connectivity index (χ0v) is 6.68. The summed E-state index contributed by atoms with van der Waals surface area (Å²) in [4.78, 5) is 4.00. The Labute approximate surface area is 62.1 Å². The lowest BCUT2D eigenvalue weighted by Gasteiger charge is -2.17. The van der Waals surface area contributed by atoms with Crippen LogP contribution in [-0.4, -0.2) is 4.98 Å². The third kappa shape index (κ3) is 1.56. The van der Waals surface area contributed by atoms with Crippen LogP contribution in [-0.2, 0) is 5.41 Å². The molecule has 0 spiro atoms. The molecule has 1 aromatic heterocycles. The summed E-state index contributed by atoms with van der Waals surface area (Å²) in [7, 11) is 0. The van der Waals surface area contributed by atoms with Crippen molar-refractivity contribution >= 4 is 0 Å². The number of rotatable bonds is 0. The second kappa shape index (κ2) is 2.41. The van der Waals surface area contributed by atoms with Gasteiger partial charge in [-0.25, -0.2) is 0 Å². The highest BCUT2D eigenvalue weighted by molar-refractivity contribution is 5.16. The van der Waals surface area contributed by atoms with E-state index in [0.29, 0.717) is 0 Å². The molecule has 0 fully saturated rings. The summed E-state index contributed by atoms with van der Waals surface area (Å²) < 4.78 is 0. The van der Waals surface area contributed by atoms with Crippen molar-refractivity contribution < 1.29 is 0 Å². The van der Waals surface area contributed by atoms with E-state index < -0.39 is 0 Å². The van der Waals surface area contributed by atoms with Gasteiger partial charge in [-0.1, -0.05) is 20.8 Å². The third-order valence-corrected chi connectivity index (χ3v) is 1.47. The van der Waals surface area contributed by atoms with E-state index in [1.165, 1.54) is 5.56 Å². The maximum absolute atomic E-state index is 4.00. The Morgan fingerprint density at radius 3 is 2.40 bits per heavy atom. The molecular weight excluding hydrogens is 122 g/mol. The van der Waals surface area contributed by atoms with Crippen molar-refractivity contribution in [2.75, 3.05) is 0 Å². The minimum absolute atomic E-state index is 0.199. The number of hydrogen-bond donors (Lipinski definition) is 0. The SMILES string of the molecule is CC(C)(C)c1c[c]cnc1. The summed E-state index contributed by atoms with van der Waals surface area (Å²) in [6.45, 7) is 6.49. The van der Waals surface area contributed by atoms with Crippen LogP contribution in [0.1, 0.15) is 26.3 Å². The van der Waals surface area contributed by atoms with Gasteiger partial charge < -0.3 is 0 Å². The third-order valence-electron chi connectivity index (χ3n) is 1.47. The van der Waals surface area contributed by atoms with E-state index in [4.69, 9.17) is 0 Å². The lowest BCUT2D eigenvalue weighted by Crippen LogP contribution is -2.10. The fourth-order valence-corrected chi connectivity index (χ4v) is 0.735. The molecular formula is C9H12N. The molecule has 1 heteroatoms. The highest BCUT2D eigenvalue weighted by Gasteiger charge is 2.12. The molecule has 0 saturated heterocycles. The molecule has 1 rings (SSSR count). The molecule has 0 saturated carbocycles. The maximum atomic E-state index is 4.00. The van der Waals surface area contributed by atoms with Crippen molar-refractivity contribution in [3.05, 3.63) is 30.1 Å². The first kappa shape index (κ1) is 7.26. The largest absolute Gasteiger partial charge is 0.264 e. The average Bonchev–Trinajstić information content (AvgIpc) is 1.88. The molecule has 0 unspecified atom stereocenters. The molecule has 1 aromatic rings. The van der Waals surface area contributed by atoms with Crippen LogP contribution in [0.5, 0.6) is 0 Å². The van der Waals surface area contributed by atoms with Crippen molar-refractivity contribution in [3.63, 3.8) is 0 Å². The summed E-state index contributed by atoms with van der Waals surface area (Å²) in [5.41, 5.74) is 1.43. The first-order chi connectivity index (χ1) is 4.61. The van der Waals surface area contributed by atoms with E-state index in [9.17, 15) is 0 Å². The first-order valence-electron chi connectivity index (χ1n) is 3.42. The smallest absolute Gasteiger partial charge is 0.0347 e. The quantitative estimate of drug-likeness (QED) is 0.530. The minimum atomic E-state index is 0.199. The number of pyridine rings is 1. The minimum Gasteiger partial charge on any atom is -0.264 e. The summed E-state index contributed by atoms with van der Waals surface area (Å²) >= 11 is 0. The van der Waals surface area contributed by atoms with Gasteiger partial charge in [-0.15, -0.1) is 0 Å². The van der Waals surface area contributed by atoms with Gasteiger partial charge in [0.2, 0.25) is 0 Å². The molecule has 0 N–H and O–H groups in total. The zero-order valence-electron chi connectivity index (χ0n) is 6.68. The van der Waals surface area contributed by atoms with Crippen LogP contribution in [0.4, 0.5) is 0 Å². The van der Waals surface area contributed by atoms with Gasteiger partial charge in [-0.05, 0) is 17.0 Å². The molecule has 0 aliphatic carbocycles. The van der Waals surface area contributed by atoms with Crippen LogP contribution < -0.4 is 0 Å². The van der Waals surface area contributed by atoms with E-state index in [2.05, 4.69) is 31.8 Å². The van der Waals surface area contributed by atoms with Crippen molar-refractivity contribution in [1.82, 2.24) is 4.98 Å². The zero-order chi connectivity index (χ0) is 7.61. The van der Waals surface area contributed by atoms with E-state index >= 15 is 0 Å². The maximum Gasteiger partial charge on any atom is 0.0347 e. The van der Waals surface area contributed by atoms with Crippen molar-refractivity contribution in [3.8, 4) is 0 Å². The predicted octanol–water partition coefficient (Wildman–Crippen LogP) is 2.18. The van der Waals surface area contributed by atoms with Crippen LogP contribution >= 0.6 is 0 Å². The number of nitrogens with zero attached hydrogens (tertiary/aromatic N) is 1. The van der Waals surface area contributed by atoms with Crippen LogP contribution in [0, 0.1) is 6.07 Å².